The van der Waals surface area contributed by atoms with Gasteiger partial charge < -0.3 is 0 Å². The molecule has 0 bridgehead atoms. The van der Waals surface area contributed by atoms with Gasteiger partial charge in [-0.1, -0.05) is 0 Å². The van der Waals surface area contributed by atoms with Crippen LogP contribution in [0.3, 0.4) is 0 Å². The molecule has 4 heteroatoms. The molecule has 0 aliphatic rings. The Morgan fingerprint density at radius 3 is 1.81 bits per heavy atom. The summed E-state index contributed by atoms with van der Waals surface area (Å²) in [5.74, 6) is 0. The molecule has 1 heterocycles. The van der Waals surface area contributed by atoms with Gasteiger partial charge in [0.1, 0.15) is 0 Å². The summed E-state index contributed by atoms with van der Waals surface area (Å²) in [6.45, 7) is 7.78. The molecule has 3 nitrogen and oxygen atoms in total. The molecule has 170 valence electrons. The number of unbranched alkanes of at least 4 members (excludes halogenated alkanes) is 3. The van der Waals surface area contributed by atoms with Gasteiger partial charge in [0, 0.05) is 0 Å². The van der Waals surface area contributed by atoms with Crippen LogP contribution in [-0.4, -0.2) is 36.1 Å². The molecule has 3 aromatic rings. The fourth-order valence-electron chi connectivity index (χ4n) is 4.51. The van der Waals surface area contributed by atoms with Crippen molar-refractivity contribution in [3.05, 3.63) is 66.2 Å². The van der Waals surface area contributed by atoms with Crippen molar-refractivity contribution in [2.24, 2.45) is 0 Å². The fourth-order valence-corrected chi connectivity index (χ4v) is 9.91. The Hall–Kier alpha value is -1.62. The first-order valence-corrected chi connectivity index (χ1v) is 15.4. The van der Waals surface area contributed by atoms with Crippen LogP contribution in [0.25, 0.3) is 11.3 Å². The first-order valence-electron chi connectivity index (χ1n) is 12.5. The van der Waals surface area contributed by atoms with E-state index >= 15 is 0 Å². The van der Waals surface area contributed by atoms with Crippen molar-refractivity contribution in [2.75, 3.05) is 0 Å². The molecule has 32 heavy (non-hydrogen) atoms. The van der Waals surface area contributed by atoms with Crippen molar-refractivity contribution in [2.45, 2.75) is 88.5 Å². The zero-order valence-corrected chi connectivity index (χ0v) is 23.0. The molecule has 3 rings (SSSR count). The van der Waals surface area contributed by atoms with E-state index < -0.39 is 21.1 Å². The van der Waals surface area contributed by atoms with Gasteiger partial charge in [-0.3, -0.25) is 0 Å². The quantitative estimate of drug-likeness (QED) is 0.207. The van der Waals surface area contributed by atoms with E-state index in [0.29, 0.717) is 3.43 Å². The summed E-state index contributed by atoms with van der Waals surface area (Å²) in [7, 11) is 0. The van der Waals surface area contributed by atoms with E-state index in [1.54, 1.807) is 0 Å². The zero-order chi connectivity index (χ0) is 22.7. The minimum absolute atomic E-state index is 0.503. The summed E-state index contributed by atoms with van der Waals surface area (Å²) in [6.07, 6.45) is 12.0. The van der Waals surface area contributed by atoms with E-state index in [2.05, 4.69) is 86.1 Å². The summed E-state index contributed by atoms with van der Waals surface area (Å²) in [5, 5.41) is 9.61. The summed E-state index contributed by atoms with van der Waals surface area (Å²) in [5.41, 5.74) is 3.82. The van der Waals surface area contributed by atoms with Gasteiger partial charge in [0.05, 0.1) is 0 Å². The molecular formula is C28H39N3Sn. The van der Waals surface area contributed by atoms with Crippen molar-refractivity contribution in [1.82, 2.24) is 15.0 Å². The van der Waals surface area contributed by atoms with E-state index in [-0.39, 0.29) is 0 Å². The van der Waals surface area contributed by atoms with Crippen molar-refractivity contribution in [3.8, 4) is 11.3 Å². The SMILES string of the molecule is CCCC[C](CCCC)(CCCC)[Sn][c]1nnn(Cc2ccccc2)c1-c1ccccc1. The molecular weight excluding hydrogens is 497 g/mol. The number of rotatable bonds is 14. The van der Waals surface area contributed by atoms with Crippen LogP contribution >= 0.6 is 0 Å². The Morgan fingerprint density at radius 1 is 0.750 bits per heavy atom. The monoisotopic (exact) mass is 537 g/mol. The molecule has 0 N–H and O–H groups in total. The van der Waals surface area contributed by atoms with Gasteiger partial charge in [-0.2, -0.15) is 0 Å². The van der Waals surface area contributed by atoms with Crippen LogP contribution < -0.4 is 3.71 Å². The molecule has 0 amide bonds. The second-order valence-corrected chi connectivity index (χ2v) is 14.1. The van der Waals surface area contributed by atoms with E-state index in [4.69, 9.17) is 10.3 Å². The fraction of sp³-hybridized carbons (Fsp3) is 0.500. The average molecular weight is 536 g/mol. The van der Waals surface area contributed by atoms with E-state index in [9.17, 15) is 0 Å². The Morgan fingerprint density at radius 2 is 1.28 bits per heavy atom. The van der Waals surface area contributed by atoms with Gasteiger partial charge in [-0.15, -0.1) is 0 Å². The van der Waals surface area contributed by atoms with Crippen LogP contribution in [0.1, 0.15) is 84.1 Å². The van der Waals surface area contributed by atoms with Crippen molar-refractivity contribution in [3.63, 3.8) is 0 Å². The maximum absolute atomic E-state index is 4.89. The molecule has 0 aliphatic carbocycles. The first-order chi connectivity index (χ1) is 15.7. The Bertz CT molecular complexity index is 883. The first kappa shape index (κ1) is 25.0. The van der Waals surface area contributed by atoms with Gasteiger partial charge in [-0.05, 0) is 0 Å². The van der Waals surface area contributed by atoms with Crippen LogP contribution in [-0.2, 0) is 6.54 Å². The third-order valence-electron chi connectivity index (χ3n) is 6.37. The van der Waals surface area contributed by atoms with E-state index in [0.717, 1.165) is 6.54 Å². The van der Waals surface area contributed by atoms with Crippen molar-refractivity contribution < 1.29 is 0 Å². The summed E-state index contributed by atoms with van der Waals surface area (Å²) >= 11 is -0.967. The minimum atomic E-state index is -0.967. The van der Waals surface area contributed by atoms with Crippen LogP contribution in [0.5, 0.6) is 0 Å². The molecule has 0 spiro atoms. The van der Waals surface area contributed by atoms with Gasteiger partial charge >= 0.3 is 206 Å². The third-order valence-corrected chi connectivity index (χ3v) is 11.7. The number of benzene rings is 2. The maximum atomic E-state index is 4.89. The molecule has 0 aliphatic heterocycles. The number of nitrogens with zero attached hydrogens (tertiary/aromatic N) is 3. The normalized spacial score (nSPS) is 11.7. The van der Waals surface area contributed by atoms with Crippen LogP contribution in [0.4, 0.5) is 0 Å². The summed E-state index contributed by atoms with van der Waals surface area (Å²) in [4.78, 5) is 0. The van der Waals surface area contributed by atoms with Crippen molar-refractivity contribution in [1.29, 1.82) is 0 Å². The van der Waals surface area contributed by atoms with Crippen LogP contribution in [0.15, 0.2) is 60.7 Å². The summed E-state index contributed by atoms with van der Waals surface area (Å²) in [6, 6.07) is 21.5. The molecule has 2 radical (unpaired) electrons. The average Bonchev–Trinajstić information content (AvgIpc) is 3.22. The molecule has 1 aromatic heterocycles. The summed E-state index contributed by atoms with van der Waals surface area (Å²) < 4.78 is 4.01. The van der Waals surface area contributed by atoms with Gasteiger partial charge in [0.25, 0.3) is 0 Å². The number of hydrogen-bond donors (Lipinski definition) is 0. The van der Waals surface area contributed by atoms with Crippen molar-refractivity contribution >= 4 is 24.9 Å². The van der Waals surface area contributed by atoms with Crippen LogP contribution in [0, 0.1) is 0 Å². The zero-order valence-electron chi connectivity index (χ0n) is 20.2. The predicted molar refractivity (Wildman–Crippen MR) is 138 cm³/mol. The molecule has 2 aromatic carbocycles. The second kappa shape index (κ2) is 13.2. The van der Waals surface area contributed by atoms with Gasteiger partial charge in [0.2, 0.25) is 0 Å². The third kappa shape index (κ3) is 6.94. The van der Waals surface area contributed by atoms with Gasteiger partial charge in [0.15, 0.2) is 0 Å². The standard InChI is InChI=1S/C15H12N3.C13H27.Sn/c1-3-7-13(8-4-1)12-18-15(11-16-17-18)14-9-5-2-6-10-14;1-4-7-10-13(11-8-5-2)12-9-6-3;/h1-10H,12H2;4-12H2,1-3H3;. The molecule has 0 saturated heterocycles. The number of aromatic nitrogens is 3. The number of hydrogen-bond acceptors (Lipinski definition) is 2. The molecule has 0 saturated carbocycles. The Labute approximate surface area is 205 Å². The second-order valence-electron chi connectivity index (χ2n) is 9.01. The van der Waals surface area contributed by atoms with E-state index in [1.807, 2.05) is 0 Å². The topological polar surface area (TPSA) is 30.7 Å². The van der Waals surface area contributed by atoms with Crippen LogP contribution in [0.2, 0.25) is 3.43 Å². The molecule has 0 fully saturated rings. The van der Waals surface area contributed by atoms with Gasteiger partial charge in [-0.25, -0.2) is 0 Å². The molecule has 0 atom stereocenters. The Balaban J connectivity index is 1.99. The predicted octanol–water partition coefficient (Wildman–Crippen LogP) is 7.05. The van der Waals surface area contributed by atoms with E-state index in [1.165, 1.54) is 78.3 Å². The molecule has 0 unspecified atom stereocenters. The Kier molecular flexibility index (Phi) is 10.3.